The van der Waals surface area contributed by atoms with Crippen molar-refractivity contribution < 1.29 is 8.42 Å². The van der Waals surface area contributed by atoms with Crippen LogP contribution >= 0.6 is 0 Å². The number of pyridine rings is 1. The molecule has 0 spiro atoms. The number of hydrogen-bond donors (Lipinski definition) is 2. The van der Waals surface area contributed by atoms with Crippen molar-refractivity contribution in [3.63, 3.8) is 0 Å². The van der Waals surface area contributed by atoms with E-state index >= 15 is 0 Å². The molecule has 0 bridgehead atoms. The maximum atomic E-state index is 12.4. The molecule has 21 heavy (non-hydrogen) atoms. The number of nitrogens with zero attached hydrogens (tertiary/aromatic N) is 1. The second-order valence-electron chi connectivity index (χ2n) is 5.84. The van der Waals surface area contributed by atoms with E-state index in [2.05, 4.69) is 21.9 Å². The summed E-state index contributed by atoms with van der Waals surface area (Å²) in [5.74, 6) is 1.39. The lowest BCUT2D eigenvalue weighted by atomic mass is 10.0. The second kappa shape index (κ2) is 7.22. The van der Waals surface area contributed by atoms with Gasteiger partial charge in [-0.2, -0.15) is 0 Å². The summed E-state index contributed by atoms with van der Waals surface area (Å²) in [7, 11) is -3.47. The van der Waals surface area contributed by atoms with Gasteiger partial charge in [0.05, 0.1) is 0 Å². The summed E-state index contributed by atoms with van der Waals surface area (Å²) in [6, 6.07) is 3.35. The van der Waals surface area contributed by atoms with Gasteiger partial charge in [0.2, 0.25) is 10.0 Å². The summed E-state index contributed by atoms with van der Waals surface area (Å²) in [6.07, 6.45) is 6.63. The predicted octanol–water partition coefficient (Wildman–Crippen LogP) is 2.76. The van der Waals surface area contributed by atoms with Crippen LogP contribution in [0, 0.1) is 5.92 Å². The first-order valence-electron chi connectivity index (χ1n) is 7.73. The van der Waals surface area contributed by atoms with Crippen LogP contribution in [-0.2, 0) is 10.0 Å². The Hall–Kier alpha value is -1.14. The van der Waals surface area contributed by atoms with Crippen LogP contribution in [0.1, 0.15) is 46.0 Å². The minimum absolute atomic E-state index is 0.0494. The van der Waals surface area contributed by atoms with Gasteiger partial charge in [-0.25, -0.2) is 18.1 Å². The minimum Gasteiger partial charge on any atom is -0.370 e. The van der Waals surface area contributed by atoms with Gasteiger partial charge in [0.15, 0.2) is 0 Å². The molecule has 1 aromatic rings. The molecule has 5 nitrogen and oxygen atoms in total. The van der Waals surface area contributed by atoms with Gasteiger partial charge >= 0.3 is 0 Å². The molecule has 1 saturated carbocycles. The van der Waals surface area contributed by atoms with E-state index in [9.17, 15) is 8.42 Å². The third kappa shape index (κ3) is 4.68. The van der Waals surface area contributed by atoms with Crippen molar-refractivity contribution in [2.45, 2.75) is 56.9 Å². The van der Waals surface area contributed by atoms with Crippen molar-refractivity contribution in [1.82, 2.24) is 9.71 Å². The van der Waals surface area contributed by atoms with Gasteiger partial charge < -0.3 is 5.32 Å². The van der Waals surface area contributed by atoms with Gasteiger partial charge in [-0.15, -0.1) is 0 Å². The van der Waals surface area contributed by atoms with Crippen molar-refractivity contribution >= 4 is 15.8 Å². The number of hydrogen-bond acceptors (Lipinski definition) is 4. The van der Waals surface area contributed by atoms with Crippen LogP contribution in [0.25, 0.3) is 0 Å². The molecule has 2 N–H and O–H groups in total. The summed E-state index contributed by atoms with van der Waals surface area (Å²) < 4.78 is 27.6. The predicted molar refractivity (Wildman–Crippen MR) is 84.8 cm³/mol. The van der Waals surface area contributed by atoms with Crippen LogP contribution in [-0.4, -0.2) is 26.0 Å². The lowest BCUT2D eigenvalue weighted by Gasteiger charge is -2.16. The molecular formula is C15H25N3O2S. The van der Waals surface area contributed by atoms with E-state index in [-0.39, 0.29) is 10.9 Å². The Balaban J connectivity index is 2.03. The lowest BCUT2D eigenvalue weighted by Crippen LogP contribution is -2.34. The summed E-state index contributed by atoms with van der Waals surface area (Å²) in [4.78, 5) is 4.37. The molecule has 118 valence electrons. The Bertz CT molecular complexity index is 543. The number of aromatic nitrogens is 1. The molecule has 0 saturated heterocycles. The first-order valence-corrected chi connectivity index (χ1v) is 9.22. The number of sulfonamides is 1. The summed E-state index contributed by atoms with van der Waals surface area (Å²) in [5.41, 5.74) is 0. The largest absolute Gasteiger partial charge is 0.370 e. The Morgan fingerprint density at radius 1 is 1.24 bits per heavy atom. The maximum absolute atomic E-state index is 12.4. The Labute approximate surface area is 127 Å². The van der Waals surface area contributed by atoms with Gasteiger partial charge in [-0.3, -0.25) is 0 Å². The SMILES string of the molecule is CCNc1ccc(S(=O)(=O)NC2CCCC(C)CC2)cn1. The molecule has 0 aromatic carbocycles. The fourth-order valence-electron chi connectivity index (χ4n) is 2.72. The lowest BCUT2D eigenvalue weighted by molar-refractivity contribution is 0.484. The molecule has 2 rings (SSSR count). The summed E-state index contributed by atoms with van der Waals surface area (Å²) in [5, 5.41) is 3.05. The quantitative estimate of drug-likeness (QED) is 0.820. The molecular weight excluding hydrogens is 286 g/mol. The van der Waals surface area contributed by atoms with Crippen LogP contribution in [0.3, 0.4) is 0 Å². The summed E-state index contributed by atoms with van der Waals surface area (Å²) in [6.45, 7) is 4.97. The zero-order valence-corrected chi connectivity index (χ0v) is 13.6. The van der Waals surface area contributed by atoms with Crippen LogP contribution in [0.5, 0.6) is 0 Å². The fraction of sp³-hybridized carbons (Fsp3) is 0.667. The number of nitrogens with one attached hydrogen (secondary N) is 2. The van der Waals surface area contributed by atoms with Crippen LogP contribution in [0.2, 0.25) is 0 Å². The molecule has 1 heterocycles. The molecule has 2 atom stereocenters. The normalized spacial score (nSPS) is 23.5. The molecule has 2 unspecified atom stereocenters. The van der Waals surface area contributed by atoms with E-state index in [0.717, 1.165) is 32.2 Å². The van der Waals surface area contributed by atoms with Crippen molar-refractivity contribution in [2.24, 2.45) is 5.92 Å². The molecule has 1 fully saturated rings. The van der Waals surface area contributed by atoms with E-state index < -0.39 is 10.0 Å². The Kier molecular flexibility index (Phi) is 5.58. The molecule has 0 amide bonds. The van der Waals surface area contributed by atoms with Gasteiger partial charge in [-0.1, -0.05) is 19.8 Å². The maximum Gasteiger partial charge on any atom is 0.242 e. The minimum atomic E-state index is -3.47. The van der Waals surface area contributed by atoms with E-state index in [1.54, 1.807) is 12.1 Å². The van der Waals surface area contributed by atoms with Crippen LogP contribution < -0.4 is 10.0 Å². The molecule has 0 radical (unpaired) electrons. The van der Waals surface area contributed by atoms with E-state index in [4.69, 9.17) is 0 Å². The highest BCUT2D eigenvalue weighted by molar-refractivity contribution is 7.89. The number of rotatable bonds is 5. The van der Waals surface area contributed by atoms with Gasteiger partial charge in [0.25, 0.3) is 0 Å². The van der Waals surface area contributed by atoms with E-state index in [1.807, 2.05) is 6.92 Å². The highest BCUT2D eigenvalue weighted by Crippen LogP contribution is 2.23. The van der Waals surface area contributed by atoms with Crippen LogP contribution in [0.4, 0.5) is 5.82 Å². The Morgan fingerprint density at radius 2 is 2.05 bits per heavy atom. The highest BCUT2D eigenvalue weighted by Gasteiger charge is 2.22. The molecule has 1 aromatic heterocycles. The smallest absolute Gasteiger partial charge is 0.242 e. The third-order valence-corrected chi connectivity index (χ3v) is 5.49. The molecule has 1 aliphatic rings. The average Bonchev–Trinajstić information content (AvgIpc) is 2.64. The first kappa shape index (κ1) is 16.2. The van der Waals surface area contributed by atoms with Crippen molar-refractivity contribution in [2.75, 3.05) is 11.9 Å². The van der Waals surface area contributed by atoms with E-state index in [1.165, 1.54) is 12.6 Å². The summed E-state index contributed by atoms with van der Waals surface area (Å²) >= 11 is 0. The van der Waals surface area contributed by atoms with E-state index in [0.29, 0.717) is 11.7 Å². The number of anilines is 1. The zero-order chi connectivity index (χ0) is 15.3. The standard InChI is InChI=1S/C15H25N3O2S/c1-3-16-15-10-9-14(11-17-15)21(19,20)18-13-6-4-5-12(2)7-8-13/h9-13,18H,3-8H2,1-2H3,(H,16,17). The van der Waals surface area contributed by atoms with Crippen molar-refractivity contribution in [3.8, 4) is 0 Å². The van der Waals surface area contributed by atoms with Crippen LogP contribution in [0.15, 0.2) is 23.2 Å². The molecule has 6 heteroatoms. The Morgan fingerprint density at radius 3 is 2.71 bits per heavy atom. The second-order valence-corrected chi connectivity index (χ2v) is 7.56. The average molecular weight is 311 g/mol. The first-order chi connectivity index (χ1) is 10.0. The highest BCUT2D eigenvalue weighted by atomic mass is 32.2. The van der Waals surface area contributed by atoms with Gasteiger partial charge in [0, 0.05) is 18.8 Å². The fourth-order valence-corrected chi connectivity index (χ4v) is 3.97. The van der Waals surface area contributed by atoms with Crippen molar-refractivity contribution in [1.29, 1.82) is 0 Å². The van der Waals surface area contributed by atoms with Gasteiger partial charge in [0.1, 0.15) is 10.7 Å². The molecule has 1 aliphatic carbocycles. The monoisotopic (exact) mass is 311 g/mol. The zero-order valence-electron chi connectivity index (χ0n) is 12.8. The third-order valence-electron chi connectivity index (χ3n) is 3.98. The van der Waals surface area contributed by atoms with Crippen molar-refractivity contribution in [3.05, 3.63) is 18.3 Å². The topological polar surface area (TPSA) is 71.1 Å². The molecule has 0 aliphatic heterocycles. The van der Waals surface area contributed by atoms with Gasteiger partial charge in [-0.05, 0) is 44.2 Å².